The van der Waals surface area contributed by atoms with E-state index in [1.165, 1.54) is 104 Å². The van der Waals surface area contributed by atoms with Gasteiger partial charge < -0.3 is 19.1 Å². The second-order valence-electron chi connectivity index (χ2n) is 25.7. The quantitative estimate of drug-likeness (QED) is 0.164. The molecule has 0 saturated carbocycles. The highest BCUT2D eigenvalue weighted by atomic mass is 32.1. The van der Waals surface area contributed by atoms with Crippen LogP contribution in [-0.4, -0.2) is 6.71 Å². The molecule has 5 heterocycles. The molecule has 0 amide bonds. The normalized spacial score (nSPS) is 14.7. The van der Waals surface area contributed by atoms with Crippen molar-refractivity contribution in [2.24, 2.45) is 0 Å². The van der Waals surface area contributed by atoms with E-state index >= 15 is 0 Å². The molecular weight excluding hydrogens is 954 g/mol. The molecule has 6 heteroatoms. The molecule has 0 spiro atoms. The van der Waals surface area contributed by atoms with Crippen molar-refractivity contribution in [1.82, 2.24) is 0 Å². The average molecular weight is 1020 g/mol. The first-order chi connectivity index (χ1) is 36.9. The number of anilines is 9. The molecule has 0 fully saturated rings. The van der Waals surface area contributed by atoms with Gasteiger partial charge in [0.1, 0.15) is 11.2 Å². The second-order valence-corrected chi connectivity index (χ2v) is 26.8. The summed E-state index contributed by atoms with van der Waals surface area (Å²) >= 11 is 2.01. The molecule has 9 aromatic carbocycles. The molecule has 0 N–H and O–H groups in total. The number of rotatable bonds is 4. The van der Waals surface area contributed by atoms with E-state index in [2.05, 4.69) is 267 Å². The summed E-state index contributed by atoms with van der Waals surface area (Å²) in [6.07, 6.45) is 0. The topological polar surface area (TPSA) is 22.9 Å². The number of thiophene rings is 1. The van der Waals surface area contributed by atoms with Crippen molar-refractivity contribution >= 4 is 117 Å². The highest BCUT2D eigenvalue weighted by molar-refractivity contribution is 7.34. The standard InChI is InChI=1S/C71H62BN3OS/c1-68(2,3)41-26-31-44(32-27-41)73(45-33-28-42(29-34-45)69(4,5)6)46-35-36-52-57(39-46)74(54-21-17-25-59-62(54)48-19-13-15-24-58(48)76-59)55-22-16-23-56-65(55)72(52)67-66-64-60(77-67)40-51-61(47-18-12-14-20-50(47)71(51,10)11)63(64)49-38-43(70(7,8)9)30-37-53(49)75(56)66/h12-40H,1-11H3. The van der Waals surface area contributed by atoms with Crippen molar-refractivity contribution < 1.29 is 4.42 Å². The first kappa shape index (κ1) is 46.5. The van der Waals surface area contributed by atoms with Crippen LogP contribution in [0.5, 0.6) is 0 Å². The van der Waals surface area contributed by atoms with Gasteiger partial charge in [0.15, 0.2) is 0 Å². The summed E-state index contributed by atoms with van der Waals surface area (Å²) in [7, 11) is 0. The lowest BCUT2D eigenvalue weighted by Crippen LogP contribution is -2.60. The molecular formula is C71H62BN3OS. The van der Waals surface area contributed by atoms with Crippen molar-refractivity contribution in [1.29, 1.82) is 0 Å². The van der Waals surface area contributed by atoms with Gasteiger partial charge in [0.2, 0.25) is 0 Å². The third-order valence-electron chi connectivity index (χ3n) is 17.6. The van der Waals surface area contributed by atoms with Gasteiger partial charge in [0.25, 0.3) is 6.71 Å². The fourth-order valence-electron chi connectivity index (χ4n) is 13.6. The van der Waals surface area contributed by atoms with Crippen LogP contribution in [0.4, 0.5) is 51.2 Å². The molecule has 15 rings (SSSR count). The van der Waals surface area contributed by atoms with Crippen LogP contribution in [0.2, 0.25) is 0 Å². The highest BCUT2D eigenvalue weighted by Gasteiger charge is 2.49. The third kappa shape index (κ3) is 6.52. The zero-order valence-corrected chi connectivity index (χ0v) is 46.8. The largest absolute Gasteiger partial charge is 0.456 e. The zero-order valence-electron chi connectivity index (χ0n) is 46.0. The first-order valence-electron chi connectivity index (χ1n) is 27.5. The number of para-hydroxylation sites is 1. The first-order valence-corrected chi connectivity index (χ1v) is 28.4. The molecule has 376 valence electrons. The average Bonchev–Trinajstić information content (AvgIpc) is 4.28. The molecule has 77 heavy (non-hydrogen) atoms. The minimum atomic E-state index is -0.158. The van der Waals surface area contributed by atoms with Crippen molar-refractivity contribution in [3.8, 4) is 22.3 Å². The van der Waals surface area contributed by atoms with Crippen LogP contribution >= 0.6 is 11.3 Å². The Labute approximate surface area is 457 Å². The molecule has 0 radical (unpaired) electrons. The number of hydrogen-bond acceptors (Lipinski definition) is 5. The molecule has 0 unspecified atom stereocenters. The Hall–Kier alpha value is -7.80. The minimum absolute atomic E-state index is 0.0229. The SMILES string of the molecule is CC(C)(C)c1ccc(N(c2ccc(C(C)(C)C)cc2)c2ccc3c(c2)N(c2cccc4oc5ccccc5c24)c2cccc4c2B3c2sc3cc5c(c6c3c2N4c2ccc(C(C)(C)C)cc2-6)-c2ccccc2C5(C)C)cc1. The molecule has 4 aliphatic rings. The molecule has 3 aliphatic heterocycles. The van der Waals surface area contributed by atoms with E-state index in [0.29, 0.717) is 0 Å². The van der Waals surface area contributed by atoms with Crippen LogP contribution in [0.25, 0.3) is 54.3 Å². The maximum Gasteiger partial charge on any atom is 0.264 e. The molecule has 0 bridgehead atoms. The summed E-state index contributed by atoms with van der Waals surface area (Å²) < 4.78 is 9.46. The monoisotopic (exact) mass is 1020 g/mol. The van der Waals surface area contributed by atoms with Gasteiger partial charge in [0.05, 0.1) is 22.4 Å². The zero-order chi connectivity index (χ0) is 52.8. The van der Waals surface area contributed by atoms with Gasteiger partial charge in [-0.3, -0.25) is 0 Å². The lowest BCUT2D eigenvalue weighted by molar-refractivity contribution is 0.590. The molecule has 11 aromatic rings. The summed E-state index contributed by atoms with van der Waals surface area (Å²) in [5.41, 5.74) is 27.1. The fraction of sp³-hybridized carbons (Fsp3) is 0.211. The van der Waals surface area contributed by atoms with Gasteiger partial charge in [-0.15, -0.1) is 11.3 Å². The third-order valence-corrected chi connectivity index (χ3v) is 18.8. The Morgan fingerprint density at radius 2 is 1.06 bits per heavy atom. The number of nitrogens with zero attached hydrogens (tertiary/aromatic N) is 3. The van der Waals surface area contributed by atoms with Gasteiger partial charge in [-0.25, -0.2) is 0 Å². The number of furan rings is 1. The fourth-order valence-corrected chi connectivity index (χ4v) is 15.0. The van der Waals surface area contributed by atoms with Gasteiger partial charge in [-0.1, -0.05) is 167 Å². The summed E-state index contributed by atoms with van der Waals surface area (Å²) in [4.78, 5) is 7.69. The molecule has 1 aliphatic carbocycles. The summed E-state index contributed by atoms with van der Waals surface area (Å²) in [6, 6.07) is 67.2. The van der Waals surface area contributed by atoms with Crippen LogP contribution in [0.1, 0.15) is 104 Å². The minimum Gasteiger partial charge on any atom is -0.456 e. The van der Waals surface area contributed by atoms with Crippen LogP contribution in [0, 0.1) is 0 Å². The summed E-state index contributed by atoms with van der Waals surface area (Å²) in [5.74, 6) is 0. The van der Waals surface area contributed by atoms with Crippen molar-refractivity contribution in [2.45, 2.75) is 97.8 Å². The van der Waals surface area contributed by atoms with Crippen LogP contribution < -0.4 is 30.4 Å². The van der Waals surface area contributed by atoms with Gasteiger partial charge in [0, 0.05) is 70.9 Å². The lowest BCUT2D eigenvalue weighted by atomic mass is 9.36. The predicted molar refractivity (Wildman–Crippen MR) is 330 cm³/mol. The Morgan fingerprint density at radius 1 is 0.468 bits per heavy atom. The maximum atomic E-state index is 6.70. The Bertz CT molecular complexity index is 4270. The van der Waals surface area contributed by atoms with Crippen molar-refractivity contribution in [3.63, 3.8) is 0 Å². The van der Waals surface area contributed by atoms with E-state index in [4.69, 9.17) is 4.42 Å². The van der Waals surface area contributed by atoms with Gasteiger partial charge in [-0.2, -0.15) is 0 Å². The van der Waals surface area contributed by atoms with E-state index in [0.717, 1.165) is 44.7 Å². The van der Waals surface area contributed by atoms with E-state index in [-0.39, 0.29) is 28.4 Å². The van der Waals surface area contributed by atoms with E-state index in [9.17, 15) is 0 Å². The second kappa shape index (κ2) is 15.7. The molecule has 2 aromatic heterocycles. The summed E-state index contributed by atoms with van der Waals surface area (Å²) in [5, 5.41) is 3.60. The van der Waals surface area contributed by atoms with Gasteiger partial charge in [-0.05, 0) is 151 Å². The Kier molecular flexibility index (Phi) is 9.46. The lowest BCUT2D eigenvalue weighted by Gasteiger charge is -2.45. The highest BCUT2D eigenvalue weighted by Crippen LogP contribution is 2.62. The molecule has 0 atom stereocenters. The number of benzene rings is 9. The van der Waals surface area contributed by atoms with Crippen LogP contribution in [0.15, 0.2) is 180 Å². The predicted octanol–water partition coefficient (Wildman–Crippen LogP) is 18.5. The Balaban J connectivity index is 1.04. The molecule has 0 saturated heterocycles. The van der Waals surface area contributed by atoms with E-state index in [1.54, 1.807) is 0 Å². The van der Waals surface area contributed by atoms with Crippen molar-refractivity contribution in [2.75, 3.05) is 14.7 Å². The van der Waals surface area contributed by atoms with Crippen LogP contribution in [-0.2, 0) is 21.7 Å². The van der Waals surface area contributed by atoms with Crippen LogP contribution in [0.3, 0.4) is 0 Å². The smallest absolute Gasteiger partial charge is 0.264 e. The van der Waals surface area contributed by atoms with Gasteiger partial charge >= 0.3 is 0 Å². The number of hydrogen-bond donors (Lipinski definition) is 0. The van der Waals surface area contributed by atoms with E-state index < -0.39 is 0 Å². The summed E-state index contributed by atoms with van der Waals surface area (Å²) in [6.45, 7) is 25.6. The maximum absolute atomic E-state index is 6.70. The Morgan fingerprint density at radius 3 is 1.77 bits per heavy atom. The molecule has 4 nitrogen and oxygen atoms in total. The van der Waals surface area contributed by atoms with Crippen molar-refractivity contribution in [3.05, 3.63) is 204 Å². The van der Waals surface area contributed by atoms with E-state index in [1.807, 2.05) is 11.3 Å². The number of fused-ring (bicyclic) bond motifs is 14.